The van der Waals surface area contributed by atoms with Crippen LogP contribution < -0.4 is 4.74 Å². The fourth-order valence-corrected chi connectivity index (χ4v) is 2.50. The minimum Gasteiger partial charge on any atom is -0.481 e. The summed E-state index contributed by atoms with van der Waals surface area (Å²) in [5.74, 6) is 1.27. The van der Waals surface area contributed by atoms with Crippen molar-refractivity contribution in [1.29, 1.82) is 5.26 Å². The lowest BCUT2D eigenvalue weighted by Crippen LogP contribution is -1.99. The highest BCUT2D eigenvalue weighted by Crippen LogP contribution is 2.26. The highest BCUT2D eigenvalue weighted by molar-refractivity contribution is 7.98. The second kappa shape index (κ2) is 6.35. The SMILES string of the molecule is COc1ccc(CSc2nnc(C)c(C)c2C#N)cn1. The average molecular weight is 286 g/mol. The molecule has 20 heavy (non-hydrogen) atoms. The number of hydrogen-bond donors (Lipinski definition) is 0. The monoisotopic (exact) mass is 286 g/mol. The summed E-state index contributed by atoms with van der Waals surface area (Å²) < 4.78 is 5.01. The molecule has 102 valence electrons. The molecule has 0 aromatic carbocycles. The number of nitrogens with zero attached hydrogens (tertiary/aromatic N) is 4. The van der Waals surface area contributed by atoms with Crippen LogP contribution in [-0.2, 0) is 5.75 Å². The zero-order valence-corrected chi connectivity index (χ0v) is 12.4. The second-order valence-corrected chi connectivity index (χ2v) is 5.16. The summed E-state index contributed by atoms with van der Waals surface area (Å²) in [6, 6.07) is 5.96. The first-order chi connectivity index (χ1) is 9.65. The van der Waals surface area contributed by atoms with Crippen LogP contribution in [0.3, 0.4) is 0 Å². The van der Waals surface area contributed by atoms with Crippen molar-refractivity contribution in [2.24, 2.45) is 0 Å². The number of pyridine rings is 1. The van der Waals surface area contributed by atoms with Crippen LogP contribution in [0, 0.1) is 25.2 Å². The van der Waals surface area contributed by atoms with Gasteiger partial charge < -0.3 is 4.74 Å². The summed E-state index contributed by atoms with van der Waals surface area (Å²) in [6.07, 6.45) is 1.76. The Bertz CT molecular complexity index is 649. The zero-order chi connectivity index (χ0) is 14.5. The Hall–Kier alpha value is -2.13. The van der Waals surface area contributed by atoms with Gasteiger partial charge in [-0.3, -0.25) is 0 Å². The Labute approximate surface area is 122 Å². The Balaban J connectivity index is 2.14. The summed E-state index contributed by atoms with van der Waals surface area (Å²) in [4.78, 5) is 4.15. The Morgan fingerprint density at radius 1 is 1.30 bits per heavy atom. The third kappa shape index (κ3) is 3.06. The molecule has 0 aliphatic heterocycles. The van der Waals surface area contributed by atoms with Crippen molar-refractivity contribution in [1.82, 2.24) is 15.2 Å². The van der Waals surface area contributed by atoms with Crippen LogP contribution in [0.25, 0.3) is 0 Å². The molecule has 0 saturated carbocycles. The number of nitriles is 1. The predicted octanol–water partition coefficient (Wildman–Crippen LogP) is 2.66. The van der Waals surface area contributed by atoms with Crippen molar-refractivity contribution >= 4 is 11.8 Å². The molecule has 2 rings (SSSR count). The molecular weight excluding hydrogens is 272 g/mol. The third-order valence-corrected chi connectivity index (χ3v) is 3.95. The first kappa shape index (κ1) is 14.3. The molecule has 2 aromatic rings. The van der Waals surface area contributed by atoms with E-state index < -0.39 is 0 Å². The maximum Gasteiger partial charge on any atom is 0.212 e. The number of thioether (sulfide) groups is 1. The molecule has 0 saturated heterocycles. The fraction of sp³-hybridized carbons (Fsp3) is 0.286. The van der Waals surface area contributed by atoms with Crippen LogP contribution in [-0.4, -0.2) is 22.3 Å². The maximum atomic E-state index is 9.23. The number of aromatic nitrogens is 3. The van der Waals surface area contributed by atoms with Crippen LogP contribution >= 0.6 is 11.8 Å². The molecule has 0 N–H and O–H groups in total. The van der Waals surface area contributed by atoms with Gasteiger partial charge in [-0.15, -0.1) is 5.10 Å². The summed E-state index contributed by atoms with van der Waals surface area (Å²) >= 11 is 1.48. The lowest BCUT2D eigenvalue weighted by molar-refractivity contribution is 0.397. The zero-order valence-electron chi connectivity index (χ0n) is 11.5. The van der Waals surface area contributed by atoms with Gasteiger partial charge in [-0.05, 0) is 25.0 Å². The van der Waals surface area contributed by atoms with E-state index in [1.807, 2.05) is 26.0 Å². The molecule has 0 radical (unpaired) electrons. The molecule has 0 amide bonds. The van der Waals surface area contributed by atoms with E-state index in [-0.39, 0.29) is 0 Å². The Morgan fingerprint density at radius 3 is 2.70 bits per heavy atom. The first-order valence-corrected chi connectivity index (χ1v) is 7.00. The molecular formula is C14H14N4OS. The molecule has 0 atom stereocenters. The molecule has 0 spiro atoms. The molecule has 6 heteroatoms. The van der Waals surface area contributed by atoms with Gasteiger partial charge in [0.15, 0.2) is 0 Å². The molecule has 2 heterocycles. The van der Waals surface area contributed by atoms with Gasteiger partial charge in [0.2, 0.25) is 5.88 Å². The van der Waals surface area contributed by atoms with Crippen molar-refractivity contribution < 1.29 is 4.74 Å². The Kier molecular flexibility index (Phi) is 4.53. The standard InChI is InChI=1S/C14H14N4OS/c1-9-10(2)17-18-14(12(9)6-15)20-8-11-4-5-13(19-3)16-7-11/h4-5,7H,8H2,1-3H3. The summed E-state index contributed by atoms with van der Waals surface area (Å²) in [7, 11) is 1.58. The smallest absolute Gasteiger partial charge is 0.212 e. The number of methoxy groups -OCH3 is 1. The van der Waals surface area contributed by atoms with Gasteiger partial charge in [0, 0.05) is 18.0 Å². The van der Waals surface area contributed by atoms with Crippen LogP contribution in [0.15, 0.2) is 23.4 Å². The first-order valence-electron chi connectivity index (χ1n) is 6.01. The van der Waals surface area contributed by atoms with Gasteiger partial charge in [0.05, 0.1) is 18.4 Å². The summed E-state index contributed by atoms with van der Waals surface area (Å²) in [5, 5.41) is 18.1. The van der Waals surface area contributed by atoms with Gasteiger partial charge >= 0.3 is 0 Å². The van der Waals surface area contributed by atoms with Crippen molar-refractivity contribution in [3.63, 3.8) is 0 Å². The van der Waals surface area contributed by atoms with E-state index in [1.54, 1.807) is 13.3 Å². The normalized spacial score (nSPS) is 10.1. The fourth-order valence-electron chi connectivity index (χ4n) is 1.59. The molecule has 5 nitrogen and oxygen atoms in total. The van der Waals surface area contributed by atoms with Crippen LogP contribution in [0.1, 0.15) is 22.4 Å². The van der Waals surface area contributed by atoms with Crippen molar-refractivity contribution in [2.75, 3.05) is 7.11 Å². The van der Waals surface area contributed by atoms with E-state index in [0.29, 0.717) is 22.2 Å². The number of hydrogen-bond acceptors (Lipinski definition) is 6. The molecule has 0 fully saturated rings. The van der Waals surface area contributed by atoms with Crippen LogP contribution in [0.5, 0.6) is 5.88 Å². The highest BCUT2D eigenvalue weighted by atomic mass is 32.2. The number of ether oxygens (including phenoxy) is 1. The second-order valence-electron chi connectivity index (χ2n) is 4.20. The lowest BCUT2D eigenvalue weighted by atomic mass is 10.1. The predicted molar refractivity (Wildman–Crippen MR) is 76.6 cm³/mol. The van der Waals surface area contributed by atoms with Crippen LogP contribution in [0.2, 0.25) is 0 Å². The molecule has 0 aliphatic carbocycles. The van der Waals surface area contributed by atoms with Gasteiger partial charge in [-0.2, -0.15) is 10.4 Å². The van der Waals surface area contributed by atoms with Crippen molar-refractivity contribution in [3.05, 3.63) is 40.7 Å². The quantitative estimate of drug-likeness (QED) is 0.805. The number of aryl methyl sites for hydroxylation is 1. The highest BCUT2D eigenvalue weighted by Gasteiger charge is 2.11. The lowest BCUT2D eigenvalue weighted by Gasteiger charge is -2.06. The van der Waals surface area contributed by atoms with Gasteiger partial charge in [-0.25, -0.2) is 4.98 Å². The van der Waals surface area contributed by atoms with Gasteiger partial charge in [0.1, 0.15) is 11.1 Å². The van der Waals surface area contributed by atoms with Crippen LogP contribution in [0.4, 0.5) is 0 Å². The van der Waals surface area contributed by atoms with Crippen molar-refractivity contribution in [2.45, 2.75) is 24.6 Å². The summed E-state index contributed by atoms with van der Waals surface area (Å²) in [5.41, 5.74) is 3.32. The minimum absolute atomic E-state index is 0.586. The van der Waals surface area contributed by atoms with Gasteiger partial charge in [0.25, 0.3) is 0 Å². The van der Waals surface area contributed by atoms with Crippen molar-refractivity contribution in [3.8, 4) is 11.9 Å². The molecule has 0 bridgehead atoms. The van der Waals surface area contributed by atoms with E-state index in [1.165, 1.54) is 11.8 Å². The van der Waals surface area contributed by atoms with Gasteiger partial charge in [-0.1, -0.05) is 17.8 Å². The van der Waals surface area contributed by atoms with E-state index >= 15 is 0 Å². The number of rotatable bonds is 4. The van der Waals surface area contributed by atoms with E-state index in [2.05, 4.69) is 21.3 Å². The van der Waals surface area contributed by atoms with E-state index in [0.717, 1.165) is 16.8 Å². The third-order valence-electron chi connectivity index (χ3n) is 2.92. The molecule has 0 aliphatic rings. The maximum absolute atomic E-state index is 9.23. The summed E-state index contributed by atoms with van der Waals surface area (Å²) in [6.45, 7) is 3.74. The molecule has 2 aromatic heterocycles. The van der Waals surface area contributed by atoms with E-state index in [9.17, 15) is 5.26 Å². The Morgan fingerprint density at radius 2 is 2.10 bits per heavy atom. The minimum atomic E-state index is 0.586. The largest absolute Gasteiger partial charge is 0.481 e. The molecule has 0 unspecified atom stereocenters. The topological polar surface area (TPSA) is 71.7 Å². The average Bonchev–Trinajstić information content (AvgIpc) is 2.49. The van der Waals surface area contributed by atoms with E-state index in [4.69, 9.17) is 4.74 Å².